The minimum atomic E-state index is -0.330. The first-order chi connectivity index (χ1) is 9.99. The van der Waals surface area contributed by atoms with Crippen LogP contribution in [0.4, 0.5) is 4.39 Å². The van der Waals surface area contributed by atoms with Gasteiger partial charge in [-0.1, -0.05) is 19.9 Å². The average Bonchev–Trinajstić information content (AvgIpc) is 2.49. The number of nitrogens with one attached hydrogen (secondary N) is 1. The highest BCUT2D eigenvalue weighted by molar-refractivity contribution is 5.75. The zero-order valence-corrected chi connectivity index (χ0v) is 12.8. The van der Waals surface area contributed by atoms with Crippen LogP contribution in [0.15, 0.2) is 24.3 Å². The first-order valence-electron chi connectivity index (χ1n) is 7.43. The molecule has 3 N–H and O–H groups in total. The number of amides is 1. The number of carbonyl (C=O) groups excluding carboxylic acids is 1. The number of halogens is 1. The van der Waals surface area contributed by atoms with Crippen molar-refractivity contribution in [1.29, 1.82) is 0 Å². The number of nitrogens with two attached hydrogens (primary N) is 1. The molecule has 1 aromatic carbocycles. The summed E-state index contributed by atoms with van der Waals surface area (Å²) < 4.78 is 18.3. The van der Waals surface area contributed by atoms with Gasteiger partial charge < -0.3 is 15.8 Å². The van der Waals surface area contributed by atoms with E-state index in [1.54, 1.807) is 12.1 Å². The molecule has 0 atom stereocenters. The minimum absolute atomic E-state index is 0.0328. The highest BCUT2D eigenvalue weighted by Crippen LogP contribution is 2.12. The van der Waals surface area contributed by atoms with E-state index >= 15 is 0 Å². The van der Waals surface area contributed by atoms with Crippen molar-refractivity contribution in [1.82, 2.24) is 5.32 Å². The predicted molar refractivity (Wildman–Crippen MR) is 81.6 cm³/mol. The second kappa shape index (κ2) is 8.62. The van der Waals surface area contributed by atoms with Crippen molar-refractivity contribution < 1.29 is 13.9 Å². The topological polar surface area (TPSA) is 64.3 Å². The average molecular weight is 296 g/mol. The van der Waals surface area contributed by atoms with Gasteiger partial charge in [-0.25, -0.2) is 4.39 Å². The molecule has 0 aromatic heterocycles. The van der Waals surface area contributed by atoms with E-state index in [4.69, 9.17) is 10.5 Å². The van der Waals surface area contributed by atoms with Crippen LogP contribution in [0.5, 0.6) is 5.75 Å². The summed E-state index contributed by atoms with van der Waals surface area (Å²) in [5, 5.41) is 2.85. The van der Waals surface area contributed by atoms with Crippen LogP contribution >= 0.6 is 0 Å². The maximum atomic E-state index is 12.9. The van der Waals surface area contributed by atoms with Crippen LogP contribution in [-0.4, -0.2) is 24.6 Å². The SMILES string of the molecule is CCC(N)(CC)CNC(=O)CCCOc1cccc(F)c1. The molecule has 0 saturated carbocycles. The van der Waals surface area contributed by atoms with E-state index in [1.807, 2.05) is 13.8 Å². The highest BCUT2D eigenvalue weighted by Gasteiger charge is 2.20. The van der Waals surface area contributed by atoms with Crippen LogP contribution in [-0.2, 0) is 4.79 Å². The van der Waals surface area contributed by atoms with Gasteiger partial charge in [-0.05, 0) is 31.4 Å². The molecular formula is C16H25FN2O2. The fourth-order valence-corrected chi connectivity index (χ4v) is 1.84. The molecule has 1 amide bonds. The minimum Gasteiger partial charge on any atom is -0.493 e. The zero-order valence-electron chi connectivity index (χ0n) is 12.8. The number of carbonyl (C=O) groups is 1. The summed E-state index contributed by atoms with van der Waals surface area (Å²) in [7, 11) is 0. The molecule has 0 fully saturated rings. The smallest absolute Gasteiger partial charge is 0.220 e. The van der Waals surface area contributed by atoms with Crippen LogP contribution in [0.25, 0.3) is 0 Å². The fourth-order valence-electron chi connectivity index (χ4n) is 1.84. The molecule has 0 unspecified atom stereocenters. The molecule has 0 spiro atoms. The lowest BCUT2D eigenvalue weighted by atomic mass is 9.94. The molecule has 0 aliphatic carbocycles. The molecular weight excluding hydrogens is 271 g/mol. The predicted octanol–water partition coefficient (Wildman–Crippen LogP) is 2.62. The van der Waals surface area contributed by atoms with Gasteiger partial charge in [-0.15, -0.1) is 0 Å². The maximum Gasteiger partial charge on any atom is 0.220 e. The van der Waals surface area contributed by atoms with E-state index in [2.05, 4.69) is 5.32 Å². The largest absolute Gasteiger partial charge is 0.493 e. The lowest BCUT2D eigenvalue weighted by molar-refractivity contribution is -0.121. The molecule has 21 heavy (non-hydrogen) atoms. The zero-order chi connectivity index (χ0) is 15.7. The Kier molecular flexibility index (Phi) is 7.15. The Bertz CT molecular complexity index is 448. The second-order valence-corrected chi connectivity index (χ2v) is 5.26. The molecule has 1 rings (SSSR count). The number of hydrogen-bond donors (Lipinski definition) is 2. The van der Waals surface area contributed by atoms with E-state index in [0.29, 0.717) is 31.7 Å². The van der Waals surface area contributed by atoms with Gasteiger partial charge in [0.2, 0.25) is 5.91 Å². The third-order valence-corrected chi connectivity index (χ3v) is 3.66. The van der Waals surface area contributed by atoms with Crippen molar-refractivity contribution in [2.75, 3.05) is 13.2 Å². The van der Waals surface area contributed by atoms with Gasteiger partial charge in [0, 0.05) is 24.6 Å². The number of hydrogen-bond acceptors (Lipinski definition) is 3. The van der Waals surface area contributed by atoms with Gasteiger partial charge in [0.05, 0.1) is 6.61 Å². The summed E-state index contributed by atoms with van der Waals surface area (Å²) in [6.07, 6.45) is 2.61. The Labute approximate surface area is 125 Å². The normalized spacial score (nSPS) is 11.2. The monoisotopic (exact) mass is 296 g/mol. The molecule has 0 aliphatic heterocycles. The molecule has 0 aliphatic rings. The summed E-state index contributed by atoms with van der Waals surface area (Å²) in [4.78, 5) is 11.7. The van der Waals surface area contributed by atoms with Gasteiger partial charge in [0.15, 0.2) is 0 Å². The summed E-state index contributed by atoms with van der Waals surface area (Å²) in [5.41, 5.74) is 5.79. The molecule has 118 valence electrons. The Balaban J connectivity index is 2.19. The maximum absolute atomic E-state index is 12.9. The lowest BCUT2D eigenvalue weighted by Gasteiger charge is -2.26. The van der Waals surface area contributed by atoms with E-state index in [9.17, 15) is 9.18 Å². The van der Waals surface area contributed by atoms with E-state index < -0.39 is 0 Å². The molecule has 0 bridgehead atoms. The van der Waals surface area contributed by atoms with Crippen LogP contribution in [0.1, 0.15) is 39.5 Å². The van der Waals surface area contributed by atoms with Crippen LogP contribution in [0, 0.1) is 5.82 Å². The molecule has 5 heteroatoms. The molecule has 4 nitrogen and oxygen atoms in total. The van der Waals surface area contributed by atoms with Crippen LogP contribution in [0.2, 0.25) is 0 Å². The lowest BCUT2D eigenvalue weighted by Crippen LogP contribution is -2.49. The van der Waals surface area contributed by atoms with Gasteiger partial charge in [0.25, 0.3) is 0 Å². The van der Waals surface area contributed by atoms with Crippen molar-refractivity contribution in [2.24, 2.45) is 5.73 Å². The van der Waals surface area contributed by atoms with Gasteiger partial charge in [-0.3, -0.25) is 4.79 Å². The summed E-state index contributed by atoms with van der Waals surface area (Å²) in [5.74, 6) is 0.117. The first kappa shape index (κ1) is 17.4. The molecule has 0 radical (unpaired) electrons. The van der Waals surface area contributed by atoms with Crippen molar-refractivity contribution in [3.05, 3.63) is 30.1 Å². The van der Waals surface area contributed by atoms with E-state index in [1.165, 1.54) is 12.1 Å². The van der Waals surface area contributed by atoms with Crippen molar-refractivity contribution in [2.45, 2.75) is 45.1 Å². The van der Waals surface area contributed by atoms with Crippen molar-refractivity contribution in [3.63, 3.8) is 0 Å². The Hall–Kier alpha value is -1.62. The van der Waals surface area contributed by atoms with Gasteiger partial charge in [-0.2, -0.15) is 0 Å². The van der Waals surface area contributed by atoms with E-state index in [-0.39, 0.29) is 17.3 Å². The Morgan fingerprint density at radius 3 is 2.71 bits per heavy atom. The third-order valence-electron chi connectivity index (χ3n) is 3.66. The highest BCUT2D eigenvalue weighted by atomic mass is 19.1. The van der Waals surface area contributed by atoms with Crippen LogP contribution in [0.3, 0.4) is 0 Å². The Morgan fingerprint density at radius 1 is 1.38 bits per heavy atom. The molecule has 0 heterocycles. The van der Waals surface area contributed by atoms with Crippen molar-refractivity contribution >= 4 is 5.91 Å². The third kappa shape index (κ3) is 6.58. The van der Waals surface area contributed by atoms with E-state index in [0.717, 1.165) is 12.8 Å². The van der Waals surface area contributed by atoms with Gasteiger partial charge >= 0.3 is 0 Å². The Morgan fingerprint density at radius 2 is 2.10 bits per heavy atom. The first-order valence-corrected chi connectivity index (χ1v) is 7.43. The number of benzene rings is 1. The van der Waals surface area contributed by atoms with Gasteiger partial charge in [0.1, 0.15) is 11.6 Å². The fraction of sp³-hybridized carbons (Fsp3) is 0.562. The summed E-state index contributed by atoms with van der Waals surface area (Å²) in [6.45, 7) is 4.90. The number of rotatable bonds is 9. The standard InChI is InChI=1S/C16H25FN2O2/c1-3-16(18,4-2)12-19-15(20)9-6-10-21-14-8-5-7-13(17)11-14/h5,7-8,11H,3-4,6,9-10,12,18H2,1-2H3,(H,19,20). The number of ether oxygens (including phenoxy) is 1. The summed E-state index contributed by atoms with van der Waals surface area (Å²) in [6, 6.07) is 5.97. The molecule has 1 aromatic rings. The second-order valence-electron chi connectivity index (χ2n) is 5.26. The quantitative estimate of drug-likeness (QED) is 0.689. The molecule has 0 saturated heterocycles. The van der Waals surface area contributed by atoms with Crippen molar-refractivity contribution in [3.8, 4) is 5.75 Å². The van der Waals surface area contributed by atoms with Crippen LogP contribution < -0.4 is 15.8 Å². The summed E-state index contributed by atoms with van der Waals surface area (Å²) >= 11 is 0.